The summed E-state index contributed by atoms with van der Waals surface area (Å²) in [5.41, 5.74) is -0.889. The minimum absolute atomic E-state index is 0.0802. The fourth-order valence-electron chi connectivity index (χ4n) is 3.58. The van der Waals surface area contributed by atoms with E-state index in [-0.39, 0.29) is 18.3 Å². The lowest BCUT2D eigenvalue weighted by Gasteiger charge is -2.23. The summed E-state index contributed by atoms with van der Waals surface area (Å²) >= 11 is 0. The van der Waals surface area contributed by atoms with E-state index in [0.29, 0.717) is 32.1 Å². The van der Waals surface area contributed by atoms with Crippen LogP contribution in [0, 0.1) is 11.8 Å². The molecule has 1 fully saturated rings. The summed E-state index contributed by atoms with van der Waals surface area (Å²) in [5, 5.41) is 39.6. The number of carbonyl (C=O) groups is 1. The molecule has 26 heavy (non-hydrogen) atoms. The molecule has 0 saturated heterocycles. The molecule has 0 amide bonds. The molecule has 1 saturated carbocycles. The fraction of sp³-hybridized carbons (Fsp3) is 0.762. The largest absolute Gasteiger partial charge is 0.481 e. The molecular formula is C21H36O5. The molecule has 4 N–H and O–H groups in total. The number of aliphatic carboxylic acids is 1. The topological polar surface area (TPSA) is 98.0 Å². The summed E-state index contributed by atoms with van der Waals surface area (Å²) in [5.74, 6) is -1.04. The highest BCUT2D eigenvalue weighted by Gasteiger charge is 2.39. The first kappa shape index (κ1) is 22.9. The van der Waals surface area contributed by atoms with Crippen LogP contribution >= 0.6 is 0 Å². The Morgan fingerprint density at radius 2 is 1.88 bits per heavy atom. The molecule has 5 heteroatoms. The smallest absolute Gasteiger partial charge is 0.303 e. The van der Waals surface area contributed by atoms with Crippen LogP contribution in [-0.4, -0.2) is 44.2 Å². The predicted octanol–water partition coefficient (Wildman–Crippen LogP) is 3.43. The van der Waals surface area contributed by atoms with Gasteiger partial charge in [-0.15, -0.1) is 0 Å². The van der Waals surface area contributed by atoms with Crippen molar-refractivity contribution in [1.82, 2.24) is 0 Å². The van der Waals surface area contributed by atoms with Gasteiger partial charge in [-0.2, -0.15) is 0 Å². The first-order valence-corrected chi connectivity index (χ1v) is 9.91. The van der Waals surface area contributed by atoms with Crippen molar-refractivity contribution in [2.24, 2.45) is 11.8 Å². The average molecular weight is 369 g/mol. The normalized spacial score (nSPS) is 28.8. The van der Waals surface area contributed by atoms with Crippen LogP contribution in [0.3, 0.4) is 0 Å². The van der Waals surface area contributed by atoms with Gasteiger partial charge in [0, 0.05) is 18.8 Å². The van der Waals surface area contributed by atoms with Gasteiger partial charge in [0.25, 0.3) is 0 Å². The van der Waals surface area contributed by atoms with Gasteiger partial charge in [0.2, 0.25) is 0 Å². The lowest BCUT2D eigenvalue weighted by Crippen LogP contribution is -2.24. The summed E-state index contributed by atoms with van der Waals surface area (Å²) in [6.45, 7) is 3.91. The van der Waals surface area contributed by atoms with Crippen molar-refractivity contribution in [1.29, 1.82) is 0 Å². The molecule has 0 heterocycles. The molecule has 5 atom stereocenters. The van der Waals surface area contributed by atoms with E-state index in [2.05, 4.69) is 6.92 Å². The van der Waals surface area contributed by atoms with Crippen molar-refractivity contribution >= 4 is 5.97 Å². The van der Waals surface area contributed by atoms with Gasteiger partial charge in [-0.25, -0.2) is 0 Å². The molecule has 1 aliphatic rings. The Hall–Kier alpha value is -1.17. The SMILES string of the molecule is CCCCCC(C)(O)/C=C/[C@@H]1[C@@H](C/C=C/CCCC(=O)O)[C@@H](O)C[C@H]1O. The number of aliphatic hydroxyl groups is 3. The van der Waals surface area contributed by atoms with Crippen LogP contribution in [0.15, 0.2) is 24.3 Å². The van der Waals surface area contributed by atoms with Crippen LogP contribution < -0.4 is 0 Å². The van der Waals surface area contributed by atoms with E-state index in [0.717, 1.165) is 19.3 Å². The van der Waals surface area contributed by atoms with E-state index < -0.39 is 23.8 Å². The van der Waals surface area contributed by atoms with Gasteiger partial charge in [-0.3, -0.25) is 4.79 Å². The third kappa shape index (κ3) is 8.47. The van der Waals surface area contributed by atoms with Gasteiger partial charge in [-0.05, 0) is 38.5 Å². The number of unbranched alkanes of at least 4 members (excludes halogenated alkanes) is 3. The molecule has 0 aromatic carbocycles. The van der Waals surface area contributed by atoms with Crippen LogP contribution in [-0.2, 0) is 4.79 Å². The third-order valence-electron chi connectivity index (χ3n) is 5.22. The summed E-state index contributed by atoms with van der Waals surface area (Å²) < 4.78 is 0. The van der Waals surface area contributed by atoms with E-state index in [1.807, 2.05) is 18.2 Å². The summed E-state index contributed by atoms with van der Waals surface area (Å²) in [6.07, 6.45) is 12.7. The van der Waals surface area contributed by atoms with Crippen molar-refractivity contribution in [3.63, 3.8) is 0 Å². The van der Waals surface area contributed by atoms with Gasteiger partial charge < -0.3 is 20.4 Å². The average Bonchev–Trinajstić information content (AvgIpc) is 2.82. The molecule has 0 aromatic rings. The quantitative estimate of drug-likeness (QED) is 0.312. The lowest BCUT2D eigenvalue weighted by molar-refractivity contribution is -0.137. The Bertz CT molecular complexity index is 469. The predicted molar refractivity (Wildman–Crippen MR) is 103 cm³/mol. The molecule has 1 rings (SSSR count). The highest BCUT2D eigenvalue weighted by molar-refractivity contribution is 5.66. The van der Waals surface area contributed by atoms with Crippen molar-refractivity contribution in [3.8, 4) is 0 Å². The Morgan fingerprint density at radius 3 is 2.54 bits per heavy atom. The summed E-state index contributed by atoms with van der Waals surface area (Å²) in [7, 11) is 0. The highest BCUT2D eigenvalue weighted by atomic mass is 16.4. The molecular weight excluding hydrogens is 332 g/mol. The fourth-order valence-corrected chi connectivity index (χ4v) is 3.58. The number of allylic oxidation sites excluding steroid dienone is 2. The maximum atomic E-state index is 10.5. The molecule has 0 aliphatic heterocycles. The van der Waals surface area contributed by atoms with Gasteiger partial charge in [-0.1, -0.05) is 50.5 Å². The number of carboxylic acids is 1. The van der Waals surface area contributed by atoms with Crippen LogP contribution in [0.1, 0.15) is 71.6 Å². The van der Waals surface area contributed by atoms with Crippen molar-refractivity contribution in [2.45, 2.75) is 89.4 Å². The highest BCUT2D eigenvalue weighted by Crippen LogP contribution is 2.37. The number of rotatable bonds is 12. The van der Waals surface area contributed by atoms with Gasteiger partial charge >= 0.3 is 5.97 Å². The van der Waals surface area contributed by atoms with Crippen LogP contribution in [0.25, 0.3) is 0 Å². The Balaban J connectivity index is 2.56. The second kappa shape index (κ2) is 11.5. The van der Waals surface area contributed by atoms with Crippen molar-refractivity contribution in [2.75, 3.05) is 0 Å². The van der Waals surface area contributed by atoms with Crippen LogP contribution in [0.2, 0.25) is 0 Å². The number of aliphatic hydroxyl groups excluding tert-OH is 2. The molecule has 0 spiro atoms. The first-order chi connectivity index (χ1) is 12.3. The Morgan fingerprint density at radius 1 is 1.15 bits per heavy atom. The molecule has 0 bridgehead atoms. The molecule has 0 aromatic heterocycles. The number of carboxylic acid groups (broad SMARTS) is 1. The molecule has 150 valence electrons. The molecule has 1 aliphatic carbocycles. The second-order valence-corrected chi connectivity index (χ2v) is 7.78. The van der Waals surface area contributed by atoms with E-state index in [1.165, 1.54) is 0 Å². The van der Waals surface area contributed by atoms with E-state index in [1.54, 1.807) is 13.0 Å². The maximum Gasteiger partial charge on any atom is 0.303 e. The minimum atomic E-state index is -0.889. The molecule has 1 unspecified atom stereocenters. The van der Waals surface area contributed by atoms with Gasteiger partial charge in [0.05, 0.1) is 17.8 Å². The Kier molecular flexibility index (Phi) is 10.1. The minimum Gasteiger partial charge on any atom is -0.481 e. The number of hydrogen-bond acceptors (Lipinski definition) is 4. The van der Waals surface area contributed by atoms with Crippen LogP contribution in [0.4, 0.5) is 0 Å². The third-order valence-corrected chi connectivity index (χ3v) is 5.22. The van der Waals surface area contributed by atoms with E-state index in [4.69, 9.17) is 5.11 Å². The monoisotopic (exact) mass is 368 g/mol. The van der Waals surface area contributed by atoms with E-state index >= 15 is 0 Å². The zero-order valence-corrected chi connectivity index (χ0v) is 16.2. The summed E-state index contributed by atoms with van der Waals surface area (Å²) in [4.78, 5) is 10.5. The second-order valence-electron chi connectivity index (χ2n) is 7.78. The summed E-state index contributed by atoms with van der Waals surface area (Å²) in [6, 6.07) is 0. The first-order valence-electron chi connectivity index (χ1n) is 9.91. The maximum absolute atomic E-state index is 10.5. The van der Waals surface area contributed by atoms with Gasteiger partial charge in [0.15, 0.2) is 0 Å². The number of hydrogen-bond donors (Lipinski definition) is 4. The Labute approximate surface area is 157 Å². The van der Waals surface area contributed by atoms with Crippen molar-refractivity contribution < 1.29 is 25.2 Å². The lowest BCUT2D eigenvalue weighted by atomic mass is 9.88. The van der Waals surface area contributed by atoms with Crippen LogP contribution in [0.5, 0.6) is 0 Å². The molecule has 0 radical (unpaired) electrons. The van der Waals surface area contributed by atoms with Gasteiger partial charge in [0.1, 0.15) is 0 Å². The standard InChI is InChI=1S/C21H36O5/c1-3-4-9-13-21(2,26)14-12-17-16(18(22)15-19(17)23)10-7-5-6-8-11-20(24)25/h5,7,12,14,16-19,22-23,26H,3-4,6,8-11,13,15H2,1-2H3,(H,24,25)/b7-5+,14-12+/t16-,17-,18+,19-,21?/m1/s1. The van der Waals surface area contributed by atoms with E-state index in [9.17, 15) is 20.1 Å². The zero-order chi connectivity index (χ0) is 19.6. The van der Waals surface area contributed by atoms with Crippen molar-refractivity contribution in [3.05, 3.63) is 24.3 Å². The molecule has 5 nitrogen and oxygen atoms in total. The zero-order valence-electron chi connectivity index (χ0n) is 16.2.